The number of likely N-dealkylation sites (tertiary alicyclic amines) is 1. The molecule has 1 atom stereocenters. The maximum absolute atomic E-state index is 13.4. The number of rotatable bonds is 10. The lowest BCUT2D eigenvalue weighted by Crippen LogP contribution is -2.32. The predicted molar refractivity (Wildman–Crippen MR) is 146 cm³/mol. The first-order valence-electron chi connectivity index (χ1n) is 12.7. The van der Waals surface area contributed by atoms with Crippen molar-refractivity contribution in [2.24, 2.45) is 5.92 Å². The van der Waals surface area contributed by atoms with E-state index in [1.165, 1.54) is 19.1 Å². The van der Waals surface area contributed by atoms with Crippen molar-refractivity contribution in [3.8, 4) is 17.2 Å². The van der Waals surface area contributed by atoms with E-state index in [9.17, 15) is 14.7 Å². The number of ketones is 1. The average molecular weight is 526 g/mol. The van der Waals surface area contributed by atoms with Crippen LogP contribution in [0.1, 0.15) is 57.4 Å². The predicted octanol–water partition coefficient (Wildman–Crippen LogP) is 5.10. The van der Waals surface area contributed by atoms with Crippen LogP contribution < -0.4 is 14.2 Å². The Labute approximate surface area is 225 Å². The summed E-state index contributed by atoms with van der Waals surface area (Å²) < 4.78 is 22.2. The quantitative estimate of drug-likeness (QED) is 0.262. The number of benzene rings is 2. The first kappa shape index (κ1) is 29.0. The van der Waals surface area contributed by atoms with E-state index in [-0.39, 0.29) is 35.8 Å². The smallest absolute Gasteiger partial charge is 0.295 e. The largest absolute Gasteiger partial charge is 0.507 e. The van der Waals surface area contributed by atoms with Crippen LogP contribution in [0, 0.1) is 5.92 Å². The second-order valence-electron chi connectivity index (χ2n) is 10.8. The van der Waals surface area contributed by atoms with Crippen molar-refractivity contribution < 1.29 is 33.6 Å². The Hall–Kier alpha value is -3.52. The fourth-order valence-electron chi connectivity index (χ4n) is 4.38. The van der Waals surface area contributed by atoms with Crippen LogP contribution >= 0.6 is 0 Å². The number of methoxy groups -OCH3 is 3. The van der Waals surface area contributed by atoms with Gasteiger partial charge in [0.15, 0.2) is 11.5 Å². The summed E-state index contributed by atoms with van der Waals surface area (Å²) in [6.45, 7) is 11.1. The molecule has 2 aromatic carbocycles. The minimum atomic E-state index is -0.861. The normalized spacial score (nSPS) is 17.3. The minimum absolute atomic E-state index is 0.0181. The molecule has 1 fully saturated rings. The van der Waals surface area contributed by atoms with E-state index in [0.29, 0.717) is 35.0 Å². The molecule has 1 saturated heterocycles. The van der Waals surface area contributed by atoms with Crippen LogP contribution in [0.2, 0.25) is 0 Å². The fraction of sp³-hybridized carbons (Fsp3) is 0.467. The maximum atomic E-state index is 13.4. The third-order valence-corrected chi connectivity index (χ3v) is 6.47. The molecule has 0 aromatic heterocycles. The minimum Gasteiger partial charge on any atom is -0.507 e. The van der Waals surface area contributed by atoms with Crippen LogP contribution in [0.3, 0.4) is 0 Å². The zero-order valence-corrected chi connectivity index (χ0v) is 23.6. The van der Waals surface area contributed by atoms with Gasteiger partial charge in [0.2, 0.25) is 0 Å². The van der Waals surface area contributed by atoms with Crippen LogP contribution in [0.25, 0.3) is 5.76 Å². The van der Waals surface area contributed by atoms with Crippen LogP contribution in [-0.4, -0.2) is 62.8 Å². The first-order valence-corrected chi connectivity index (χ1v) is 12.7. The molecule has 206 valence electrons. The molecule has 1 aliphatic heterocycles. The van der Waals surface area contributed by atoms with Crippen LogP contribution in [0.15, 0.2) is 42.0 Å². The van der Waals surface area contributed by atoms with Crippen LogP contribution in [0.4, 0.5) is 0 Å². The van der Waals surface area contributed by atoms with Gasteiger partial charge in [0.25, 0.3) is 11.7 Å². The van der Waals surface area contributed by atoms with E-state index < -0.39 is 17.7 Å². The van der Waals surface area contributed by atoms with Crippen molar-refractivity contribution in [1.29, 1.82) is 0 Å². The lowest BCUT2D eigenvalue weighted by Gasteiger charge is -2.26. The van der Waals surface area contributed by atoms with Crippen LogP contribution in [0.5, 0.6) is 17.2 Å². The Morgan fingerprint density at radius 3 is 2.21 bits per heavy atom. The Morgan fingerprint density at radius 1 is 0.974 bits per heavy atom. The van der Waals surface area contributed by atoms with E-state index in [4.69, 9.17) is 18.9 Å². The van der Waals surface area contributed by atoms with E-state index in [2.05, 4.69) is 20.8 Å². The van der Waals surface area contributed by atoms with Gasteiger partial charge in [0.1, 0.15) is 11.5 Å². The van der Waals surface area contributed by atoms with Crippen molar-refractivity contribution in [3.63, 3.8) is 0 Å². The molecule has 0 radical (unpaired) electrons. The molecule has 1 N–H and O–H groups in total. The summed E-state index contributed by atoms with van der Waals surface area (Å²) in [4.78, 5) is 28.1. The number of aliphatic hydroxyl groups is 1. The van der Waals surface area contributed by atoms with Crippen molar-refractivity contribution in [1.82, 2.24) is 4.90 Å². The highest BCUT2D eigenvalue weighted by Gasteiger charge is 2.46. The summed E-state index contributed by atoms with van der Waals surface area (Å²) in [5.41, 5.74) is 1.66. The zero-order chi connectivity index (χ0) is 28.2. The SMILES string of the molecule is COCCN1C(=O)C(=O)/C(=C(/O)c2cc(C(C)(C)C)ccc2OC)C1c1ccc(OC)c(OCC(C)C)c1. The highest BCUT2D eigenvalue weighted by atomic mass is 16.5. The number of hydrogen-bond donors (Lipinski definition) is 1. The monoisotopic (exact) mass is 525 g/mol. The number of Topliss-reactive ketones (excluding diaryl/α,β-unsaturated/α-hetero) is 1. The molecule has 1 amide bonds. The Kier molecular flexibility index (Phi) is 9.09. The van der Waals surface area contributed by atoms with Gasteiger partial charge in [-0.15, -0.1) is 0 Å². The summed E-state index contributed by atoms with van der Waals surface area (Å²) >= 11 is 0. The van der Waals surface area contributed by atoms with E-state index in [0.717, 1.165) is 5.56 Å². The molecule has 0 aliphatic carbocycles. The van der Waals surface area contributed by atoms with Crippen molar-refractivity contribution >= 4 is 17.4 Å². The summed E-state index contributed by atoms with van der Waals surface area (Å²) in [5.74, 6) is -0.0820. The Balaban J connectivity index is 2.26. The van der Waals surface area contributed by atoms with Crippen molar-refractivity contribution in [2.75, 3.05) is 41.1 Å². The number of amides is 1. The third-order valence-electron chi connectivity index (χ3n) is 6.47. The van der Waals surface area contributed by atoms with Gasteiger partial charge in [-0.1, -0.05) is 46.8 Å². The van der Waals surface area contributed by atoms with E-state index >= 15 is 0 Å². The summed E-state index contributed by atoms with van der Waals surface area (Å²) in [7, 11) is 4.58. The van der Waals surface area contributed by atoms with E-state index in [1.54, 1.807) is 37.4 Å². The van der Waals surface area contributed by atoms with Gasteiger partial charge in [0.05, 0.1) is 44.6 Å². The number of aliphatic hydroxyl groups excluding tert-OH is 1. The molecule has 1 heterocycles. The maximum Gasteiger partial charge on any atom is 0.295 e. The molecule has 2 aromatic rings. The summed E-state index contributed by atoms with van der Waals surface area (Å²) in [5, 5.41) is 11.6. The van der Waals surface area contributed by atoms with Gasteiger partial charge in [-0.25, -0.2) is 0 Å². The second kappa shape index (κ2) is 11.9. The highest BCUT2D eigenvalue weighted by molar-refractivity contribution is 6.46. The Morgan fingerprint density at radius 2 is 1.63 bits per heavy atom. The Bertz CT molecular complexity index is 1210. The molecular weight excluding hydrogens is 486 g/mol. The van der Waals surface area contributed by atoms with Gasteiger partial charge in [-0.05, 0) is 46.7 Å². The lowest BCUT2D eigenvalue weighted by molar-refractivity contribution is -0.140. The molecule has 8 heteroatoms. The van der Waals surface area contributed by atoms with Gasteiger partial charge in [-0.2, -0.15) is 0 Å². The second-order valence-corrected chi connectivity index (χ2v) is 10.8. The molecule has 0 spiro atoms. The van der Waals surface area contributed by atoms with Crippen molar-refractivity contribution in [3.05, 3.63) is 58.7 Å². The van der Waals surface area contributed by atoms with Gasteiger partial charge in [0, 0.05) is 13.7 Å². The molecule has 38 heavy (non-hydrogen) atoms. The first-order chi connectivity index (χ1) is 17.9. The van der Waals surface area contributed by atoms with Crippen LogP contribution in [-0.2, 0) is 19.7 Å². The van der Waals surface area contributed by atoms with E-state index in [1.807, 2.05) is 19.9 Å². The molecule has 0 bridgehead atoms. The van der Waals surface area contributed by atoms with Gasteiger partial charge in [-0.3, -0.25) is 9.59 Å². The molecular formula is C30H39NO7. The number of carbonyl (C=O) groups is 2. The van der Waals surface area contributed by atoms with Crippen molar-refractivity contribution in [2.45, 2.75) is 46.1 Å². The topological polar surface area (TPSA) is 94.5 Å². The molecule has 8 nitrogen and oxygen atoms in total. The third kappa shape index (κ3) is 5.96. The average Bonchev–Trinajstić information content (AvgIpc) is 3.13. The van der Waals surface area contributed by atoms with Gasteiger partial charge < -0.3 is 29.0 Å². The number of nitrogens with zero attached hydrogens (tertiary/aromatic N) is 1. The highest BCUT2D eigenvalue weighted by Crippen LogP contribution is 2.43. The molecule has 1 aliphatic rings. The lowest BCUT2D eigenvalue weighted by atomic mass is 9.85. The van der Waals surface area contributed by atoms with Gasteiger partial charge >= 0.3 is 0 Å². The molecule has 0 saturated carbocycles. The summed E-state index contributed by atoms with van der Waals surface area (Å²) in [6, 6.07) is 9.89. The molecule has 3 rings (SSSR count). The summed E-state index contributed by atoms with van der Waals surface area (Å²) in [6.07, 6.45) is 0. The number of ether oxygens (including phenoxy) is 4. The zero-order valence-electron chi connectivity index (χ0n) is 23.6. The molecule has 1 unspecified atom stereocenters. The number of hydrogen-bond acceptors (Lipinski definition) is 7. The standard InChI is InChI=1S/C30H39NO7/c1-18(2)17-38-24-15-19(9-11-23(24)37-8)26-25(28(33)29(34)31(26)13-14-35-6)27(32)21-16-20(30(3,4)5)10-12-22(21)36-7/h9-12,15-16,18,26,32H,13-14,17H2,1-8H3/b27-25+. The number of carbonyl (C=O) groups excluding carboxylic acids is 2. The fourth-order valence-corrected chi connectivity index (χ4v) is 4.38.